The molecule has 0 aromatic rings. The monoisotopic (exact) mass is 288 g/mol. The summed E-state index contributed by atoms with van der Waals surface area (Å²) in [6, 6.07) is -0.625. The number of methoxy groups -OCH3 is 1. The van der Waals surface area contributed by atoms with Crippen LogP contribution in [0.3, 0.4) is 0 Å². The molecule has 0 N–H and O–H groups in total. The topological polar surface area (TPSA) is 68.3 Å². The van der Waals surface area contributed by atoms with Crippen molar-refractivity contribution in [2.45, 2.75) is 44.9 Å². The number of rotatable bonds is 3. The fraction of sp³-hybridized carbons (Fsp3) is 0.846. The van der Waals surface area contributed by atoms with Crippen molar-refractivity contribution in [3.63, 3.8) is 0 Å². The van der Waals surface area contributed by atoms with Gasteiger partial charge in [-0.25, -0.2) is 9.86 Å². The van der Waals surface area contributed by atoms with Gasteiger partial charge in [-0.3, -0.25) is 14.5 Å². The van der Waals surface area contributed by atoms with Gasteiger partial charge in [-0.15, -0.1) is 0 Å². The van der Waals surface area contributed by atoms with E-state index in [2.05, 4.69) is 0 Å². The molecular weight excluding hydrogens is 264 g/mol. The second-order valence-electron chi connectivity index (χ2n) is 5.76. The summed E-state index contributed by atoms with van der Waals surface area (Å²) >= 11 is 0. The predicted octanol–water partition coefficient (Wildman–Crippen LogP) is 1.03. The van der Waals surface area contributed by atoms with Crippen LogP contribution in [0.4, 0.5) is 4.79 Å². The number of carbonyl (C=O) groups excluding carboxylic acids is 2. The molecule has 2 atom stereocenters. The minimum atomic E-state index is -0.625. The Morgan fingerprint density at radius 2 is 1.85 bits per heavy atom. The maximum Gasteiger partial charge on any atom is 0.411 e. The van der Waals surface area contributed by atoms with Gasteiger partial charge in [0.2, 0.25) is 0 Å². The maximum absolute atomic E-state index is 12.2. The molecule has 7 heteroatoms. The number of hydrogen-bond donors (Lipinski definition) is 0. The molecule has 0 bridgehead atoms. The number of ether oxygens (including phenoxy) is 2. The van der Waals surface area contributed by atoms with Gasteiger partial charge in [0.15, 0.2) is 0 Å². The van der Waals surface area contributed by atoms with Crippen LogP contribution in [0.2, 0.25) is 0 Å². The summed E-state index contributed by atoms with van der Waals surface area (Å²) in [5.74, 6) is -0.294. The van der Waals surface area contributed by atoms with Crippen molar-refractivity contribution in [3.05, 3.63) is 0 Å². The standard InChI is InChI=1S/C13H24N2O5/c1-13(2,3)20-12(17)15-8-9(18-5)7-10(15)11(16)14(4)19-6/h9-10H,7-8H2,1-6H3/t9-,10+/m1/s1. The van der Waals surface area contributed by atoms with E-state index in [1.807, 2.05) is 0 Å². The molecule has 1 heterocycles. The summed E-state index contributed by atoms with van der Waals surface area (Å²) in [7, 11) is 4.47. The summed E-state index contributed by atoms with van der Waals surface area (Å²) in [5, 5.41) is 1.11. The molecule has 2 amide bonds. The molecule has 1 saturated heterocycles. The highest BCUT2D eigenvalue weighted by molar-refractivity contribution is 5.85. The van der Waals surface area contributed by atoms with Crippen LogP contribution >= 0.6 is 0 Å². The first-order chi connectivity index (χ1) is 9.19. The van der Waals surface area contributed by atoms with Crippen LogP contribution in [-0.4, -0.2) is 67.5 Å². The van der Waals surface area contributed by atoms with E-state index in [0.717, 1.165) is 5.06 Å². The summed E-state index contributed by atoms with van der Waals surface area (Å²) in [5.41, 5.74) is -0.608. The minimum absolute atomic E-state index is 0.179. The van der Waals surface area contributed by atoms with Gasteiger partial charge in [-0.1, -0.05) is 0 Å². The predicted molar refractivity (Wildman–Crippen MR) is 71.9 cm³/mol. The molecular formula is C13H24N2O5. The van der Waals surface area contributed by atoms with Crippen molar-refractivity contribution in [2.24, 2.45) is 0 Å². The van der Waals surface area contributed by atoms with Crippen molar-refractivity contribution >= 4 is 12.0 Å². The molecule has 0 saturated carbocycles. The molecule has 1 fully saturated rings. The second-order valence-corrected chi connectivity index (χ2v) is 5.76. The first-order valence-corrected chi connectivity index (χ1v) is 6.53. The van der Waals surface area contributed by atoms with Crippen LogP contribution < -0.4 is 0 Å². The molecule has 0 aromatic heterocycles. The lowest BCUT2D eigenvalue weighted by Crippen LogP contribution is -2.47. The Balaban J connectivity index is 2.84. The molecule has 0 unspecified atom stereocenters. The number of likely N-dealkylation sites (N-methyl/N-ethyl adjacent to an activating group) is 1. The molecule has 1 aliphatic rings. The average molecular weight is 288 g/mol. The smallest absolute Gasteiger partial charge is 0.411 e. The zero-order valence-electron chi connectivity index (χ0n) is 13.0. The second kappa shape index (κ2) is 6.41. The minimum Gasteiger partial charge on any atom is -0.444 e. The van der Waals surface area contributed by atoms with E-state index in [4.69, 9.17) is 14.3 Å². The van der Waals surface area contributed by atoms with Crippen LogP contribution in [0.5, 0.6) is 0 Å². The summed E-state index contributed by atoms with van der Waals surface area (Å²) in [6.07, 6.45) is -0.260. The SMILES string of the molecule is CO[C@@H]1C[C@@H](C(=O)N(C)OC)N(C(=O)OC(C)(C)C)C1. The van der Waals surface area contributed by atoms with E-state index in [1.165, 1.54) is 19.1 Å². The van der Waals surface area contributed by atoms with Gasteiger partial charge in [0, 0.05) is 20.6 Å². The highest BCUT2D eigenvalue weighted by atomic mass is 16.7. The van der Waals surface area contributed by atoms with Gasteiger partial charge >= 0.3 is 6.09 Å². The van der Waals surface area contributed by atoms with Crippen molar-refractivity contribution in [3.8, 4) is 0 Å². The molecule has 0 aliphatic carbocycles. The third-order valence-electron chi connectivity index (χ3n) is 3.09. The Morgan fingerprint density at radius 1 is 1.25 bits per heavy atom. The molecule has 7 nitrogen and oxygen atoms in total. The number of amides is 2. The third-order valence-corrected chi connectivity index (χ3v) is 3.09. The fourth-order valence-electron chi connectivity index (χ4n) is 2.02. The number of likely N-dealkylation sites (tertiary alicyclic amines) is 1. The van der Waals surface area contributed by atoms with Crippen LogP contribution in [0, 0.1) is 0 Å². The van der Waals surface area contributed by atoms with E-state index in [-0.39, 0.29) is 12.0 Å². The molecule has 0 radical (unpaired) electrons. The highest BCUT2D eigenvalue weighted by Gasteiger charge is 2.42. The Hall–Kier alpha value is -1.34. The molecule has 0 spiro atoms. The van der Waals surface area contributed by atoms with Crippen molar-refractivity contribution in [2.75, 3.05) is 27.8 Å². The lowest BCUT2D eigenvalue weighted by molar-refractivity contribution is -0.173. The first kappa shape index (κ1) is 16.7. The van der Waals surface area contributed by atoms with Crippen LogP contribution in [-0.2, 0) is 19.1 Å². The zero-order valence-corrected chi connectivity index (χ0v) is 13.0. The molecule has 116 valence electrons. The zero-order chi connectivity index (χ0) is 15.5. The van der Waals surface area contributed by atoms with E-state index in [9.17, 15) is 9.59 Å². The third kappa shape index (κ3) is 4.08. The van der Waals surface area contributed by atoms with E-state index >= 15 is 0 Å². The summed E-state index contributed by atoms with van der Waals surface area (Å²) in [4.78, 5) is 30.7. The lowest BCUT2D eigenvalue weighted by atomic mass is 10.2. The normalized spacial score (nSPS) is 22.8. The van der Waals surface area contributed by atoms with Gasteiger partial charge in [-0.05, 0) is 20.8 Å². The molecule has 20 heavy (non-hydrogen) atoms. The van der Waals surface area contributed by atoms with E-state index in [1.54, 1.807) is 27.9 Å². The van der Waals surface area contributed by atoms with Crippen molar-refractivity contribution < 1.29 is 23.9 Å². The fourth-order valence-corrected chi connectivity index (χ4v) is 2.02. The van der Waals surface area contributed by atoms with E-state index in [0.29, 0.717) is 13.0 Å². The van der Waals surface area contributed by atoms with Crippen LogP contribution in [0.15, 0.2) is 0 Å². The summed E-state index contributed by atoms with van der Waals surface area (Å²) in [6.45, 7) is 5.69. The maximum atomic E-state index is 12.2. The van der Waals surface area contributed by atoms with E-state index < -0.39 is 17.7 Å². The van der Waals surface area contributed by atoms with Gasteiger partial charge in [-0.2, -0.15) is 0 Å². The largest absolute Gasteiger partial charge is 0.444 e. The van der Waals surface area contributed by atoms with Crippen LogP contribution in [0.25, 0.3) is 0 Å². The highest BCUT2D eigenvalue weighted by Crippen LogP contribution is 2.24. The molecule has 1 aliphatic heterocycles. The Morgan fingerprint density at radius 3 is 2.30 bits per heavy atom. The van der Waals surface area contributed by atoms with Gasteiger partial charge < -0.3 is 9.47 Å². The van der Waals surface area contributed by atoms with Gasteiger partial charge in [0.1, 0.15) is 11.6 Å². The van der Waals surface area contributed by atoms with Crippen molar-refractivity contribution in [1.29, 1.82) is 0 Å². The Kier molecular flexibility index (Phi) is 5.35. The van der Waals surface area contributed by atoms with Gasteiger partial charge in [0.05, 0.1) is 19.8 Å². The molecule has 0 aromatic carbocycles. The van der Waals surface area contributed by atoms with Crippen molar-refractivity contribution in [1.82, 2.24) is 9.96 Å². The quantitative estimate of drug-likeness (QED) is 0.726. The summed E-state index contributed by atoms with van der Waals surface area (Å²) < 4.78 is 10.6. The van der Waals surface area contributed by atoms with Crippen LogP contribution in [0.1, 0.15) is 27.2 Å². The Bertz CT molecular complexity index is 366. The number of hydrogen-bond acceptors (Lipinski definition) is 5. The first-order valence-electron chi connectivity index (χ1n) is 6.53. The number of carbonyl (C=O) groups is 2. The Labute approximate surface area is 119 Å². The molecule has 1 rings (SSSR count). The average Bonchev–Trinajstić information content (AvgIpc) is 2.79. The number of nitrogens with zero attached hydrogens (tertiary/aromatic N) is 2. The number of hydroxylamine groups is 2. The lowest BCUT2D eigenvalue weighted by Gasteiger charge is -2.29. The van der Waals surface area contributed by atoms with Gasteiger partial charge in [0.25, 0.3) is 5.91 Å².